The van der Waals surface area contributed by atoms with E-state index in [1.807, 2.05) is 51.1 Å². The molecule has 0 saturated carbocycles. The summed E-state index contributed by atoms with van der Waals surface area (Å²) in [6, 6.07) is 14.0. The Morgan fingerprint density at radius 1 is 1.04 bits per heavy atom. The van der Waals surface area contributed by atoms with Crippen molar-refractivity contribution >= 4 is 17.7 Å². The molecule has 2 aromatic rings. The molecule has 0 aliphatic heterocycles. The molecule has 1 N–H and O–H groups in total. The van der Waals surface area contributed by atoms with Gasteiger partial charge in [-0.1, -0.05) is 23.8 Å². The number of thioether (sulfide) groups is 1. The van der Waals surface area contributed by atoms with Gasteiger partial charge in [0.05, 0.1) is 18.5 Å². The largest absolute Gasteiger partial charge is 0.490 e. The van der Waals surface area contributed by atoms with Gasteiger partial charge in [-0.3, -0.25) is 4.79 Å². The fourth-order valence-corrected chi connectivity index (χ4v) is 3.30. The van der Waals surface area contributed by atoms with Gasteiger partial charge in [0.1, 0.15) is 0 Å². The Balaban J connectivity index is 1.93. The molecule has 140 valence electrons. The summed E-state index contributed by atoms with van der Waals surface area (Å²) in [6.07, 6.45) is 0. The number of hydrogen-bond donors (Lipinski definition) is 1. The number of rotatable bonds is 9. The second-order valence-corrected chi connectivity index (χ2v) is 7.35. The predicted octanol–water partition coefficient (Wildman–Crippen LogP) is 4.59. The quantitative estimate of drug-likeness (QED) is 0.653. The highest BCUT2D eigenvalue weighted by atomic mass is 32.2. The van der Waals surface area contributed by atoms with E-state index in [0.29, 0.717) is 25.5 Å². The molecule has 0 aliphatic rings. The minimum absolute atomic E-state index is 0.0161. The fraction of sp³-hybridized carbons (Fsp3) is 0.381. The zero-order chi connectivity index (χ0) is 18.9. The van der Waals surface area contributed by atoms with Crippen LogP contribution in [-0.2, 0) is 11.3 Å². The Bertz CT molecular complexity index is 716. The average molecular weight is 374 g/mol. The Hall–Kier alpha value is -2.14. The van der Waals surface area contributed by atoms with E-state index in [0.717, 1.165) is 16.2 Å². The zero-order valence-electron chi connectivity index (χ0n) is 15.9. The summed E-state index contributed by atoms with van der Waals surface area (Å²) in [6.45, 7) is 9.47. The summed E-state index contributed by atoms with van der Waals surface area (Å²) < 4.78 is 11.2. The van der Waals surface area contributed by atoms with Crippen molar-refractivity contribution in [2.75, 3.05) is 13.2 Å². The van der Waals surface area contributed by atoms with Crippen molar-refractivity contribution in [2.24, 2.45) is 0 Å². The predicted molar refractivity (Wildman–Crippen MR) is 107 cm³/mol. The highest BCUT2D eigenvalue weighted by Crippen LogP contribution is 2.28. The first-order valence-electron chi connectivity index (χ1n) is 8.93. The molecule has 0 saturated heterocycles. The second kappa shape index (κ2) is 10.1. The molecule has 2 aromatic carbocycles. The van der Waals surface area contributed by atoms with Gasteiger partial charge in [-0.2, -0.15) is 0 Å². The van der Waals surface area contributed by atoms with Crippen LogP contribution in [0.2, 0.25) is 0 Å². The lowest BCUT2D eigenvalue weighted by atomic mass is 10.2. The number of hydrogen-bond acceptors (Lipinski definition) is 4. The van der Waals surface area contributed by atoms with Crippen LogP contribution >= 0.6 is 11.8 Å². The van der Waals surface area contributed by atoms with Crippen LogP contribution in [0.1, 0.15) is 31.9 Å². The van der Waals surface area contributed by atoms with E-state index in [9.17, 15) is 4.79 Å². The first-order chi connectivity index (χ1) is 12.5. The molecular formula is C21H27NO3S. The highest BCUT2D eigenvalue weighted by Gasteiger charge is 2.14. The van der Waals surface area contributed by atoms with Crippen molar-refractivity contribution in [2.45, 2.75) is 44.4 Å². The molecule has 2 rings (SSSR count). The van der Waals surface area contributed by atoms with Gasteiger partial charge < -0.3 is 14.8 Å². The third-order valence-corrected chi connectivity index (χ3v) is 4.89. The summed E-state index contributed by atoms with van der Waals surface area (Å²) in [5.74, 6) is 1.46. The van der Waals surface area contributed by atoms with Crippen LogP contribution < -0.4 is 14.8 Å². The molecule has 0 unspecified atom stereocenters. The van der Waals surface area contributed by atoms with Crippen molar-refractivity contribution in [3.05, 3.63) is 53.6 Å². The van der Waals surface area contributed by atoms with Crippen LogP contribution in [0.25, 0.3) is 0 Å². The number of ether oxygens (including phenoxy) is 2. The molecule has 0 heterocycles. The lowest BCUT2D eigenvalue weighted by Crippen LogP contribution is -2.30. The van der Waals surface area contributed by atoms with Gasteiger partial charge in [0.2, 0.25) is 5.91 Å². The number of carbonyl (C=O) groups is 1. The minimum atomic E-state index is -0.160. The molecule has 0 aromatic heterocycles. The molecule has 0 fully saturated rings. The molecule has 5 heteroatoms. The summed E-state index contributed by atoms with van der Waals surface area (Å²) in [5.41, 5.74) is 2.20. The Morgan fingerprint density at radius 2 is 1.69 bits per heavy atom. The van der Waals surface area contributed by atoms with Gasteiger partial charge in [0, 0.05) is 11.4 Å². The third-order valence-electron chi connectivity index (χ3n) is 3.78. The van der Waals surface area contributed by atoms with Gasteiger partial charge >= 0.3 is 0 Å². The Kier molecular flexibility index (Phi) is 7.85. The normalized spacial score (nSPS) is 11.7. The van der Waals surface area contributed by atoms with Crippen molar-refractivity contribution in [3.63, 3.8) is 0 Å². The van der Waals surface area contributed by atoms with Crippen LogP contribution in [0.3, 0.4) is 0 Å². The topological polar surface area (TPSA) is 47.6 Å². The molecular weight excluding hydrogens is 346 g/mol. The molecule has 0 spiro atoms. The summed E-state index contributed by atoms with van der Waals surface area (Å²) in [4.78, 5) is 13.5. The van der Waals surface area contributed by atoms with Gasteiger partial charge in [0.15, 0.2) is 11.5 Å². The molecule has 0 bridgehead atoms. The summed E-state index contributed by atoms with van der Waals surface area (Å²) in [5, 5.41) is 2.83. The van der Waals surface area contributed by atoms with E-state index in [1.54, 1.807) is 11.8 Å². The number of carbonyl (C=O) groups excluding carboxylic acids is 1. The highest BCUT2D eigenvalue weighted by molar-refractivity contribution is 8.00. The van der Waals surface area contributed by atoms with Crippen LogP contribution in [0, 0.1) is 6.92 Å². The number of nitrogens with one attached hydrogen (secondary N) is 1. The van der Waals surface area contributed by atoms with Crippen LogP contribution in [0.15, 0.2) is 47.4 Å². The average Bonchev–Trinajstić information content (AvgIpc) is 2.63. The van der Waals surface area contributed by atoms with E-state index in [4.69, 9.17) is 9.47 Å². The van der Waals surface area contributed by atoms with Crippen LogP contribution in [-0.4, -0.2) is 24.4 Å². The lowest BCUT2D eigenvalue weighted by Gasteiger charge is -2.14. The maximum Gasteiger partial charge on any atom is 0.233 e. The summed E-state index contributed by atoms with van der Waals surface area (Å²) >= 11 is 1.56. The van der Waals surface area contributed by atoms with Gasteiger partial charge in [-0.25, -0.2) is 0 Å². The van der Waals surface area contributed by atoms with Crippen molar-refractivity contribution < 1.29 is 14.3 Å². The Morgan fingerprint density at radius 3 is 2.35 bits per heavy atom. The first kappa shape index (κ1) is 20.2. The van der Waals surface area contributed by atoms with E-state index in [1.165, 1.54) is 5.56 Å². The molecule has 0 aliphatic carbocycles. The number of benzene rings is 2. The van der Waals surface area contributed by atoms with Crippen molar-refractivity contribution in [1.29, 1.82) is 0 Å². The van der Waals surface area contributed by atoms with Gasteiger partial charge in [0.25, 0.3) is 0 Å². The van der Waals surface area contributed by atoms with Crippen molar-refractivity contribution in [1.82, 2.24) is 5.32 Å². The third kappa shape index (κ3) is 5.99. The SMILES string of the molecule is CCOc1ccc(CNC(=O)[C@H](C)Sc2ccc(C)cc2)cc1OCC. The number of aryl methyl sites for hydroxylation is 1. The molecule has 4 nitrogen and oxygen atoms in total. The van der Waals surface area contributed by atoms with Crippen molar-refractivity contribution in [3.8, 4) is 11.5 Å². The zero-order valence-corrected chi connectivity index (χ0v) is 16.7. The van der Waals surface area contributed by atoms with Gasteiger partial charge in [-0.05, 0) is 57.5 Å². The van der Waals surface area contributed by atoms with E-state index >= 15 is 0 Å². The smallest absolute Gasteiger partial charge is 0.233 e. The van der Waals surface area contributed by atoms with Gasteiger partial charge in [-0.15, -0.1) is 11.8 Å². The monoisotopic (exact) mass is 373 g/mol. The minimum Gasteiger partial charge on any atom is -0.490 e. The van der Waals surface area contributed by atoms with E-state index in [2.05, 4.69) is 24.4 Å². The van der Waals surface area contributed by atoms with Crippen LogP contribution in [0.4, 0.5) is 0 Å². The maximum atomic E-state index is 12.4. The standard InChI is InChI=1S/C21H27NO3S/c1-5-24-19-12-9-17(13-20(19)25-6-2)14-22-21(23)16(4)26-18-10-7-15(3)8-11-18/h7-13,16H,5-6,14H2,1-4H3,(H,22,23)/t16-/m0/s1. The summed E-state index contributed by atoms with van der Waals surface area (Å²) in [7, 11) is 0. The van der Waals surface area contributed by atoms with E-state index < -0.39 is 0 Å². The Labute approximate surface area is 160 Å². The van der Waals surface area contributed by atoms with E-state index in [-0.39, 0.29) is 11.2 Å². The molecule has 26 heavy (non-hydrogen) atoms. The number of amides is 1. The molecule has 0 radical (unpaired) electrons. The maximum absolute atomic E-state index is 12.4. The second-order valence-electron chi connectivity index (χ2n) is 5.94. The first-order valence-corrected chi connectivity index (χ1v) is 9.81. The lowest BCUT2D eigenvalue weighted by molar-refractivity contribution is -0.120. The van der Waals surface area contributed by atoms with Crippen LogP contribution in [0.5, 0.6) is 11.5 Å². The molecule has 1 atom stereocenters. The molecule has 1 amide bonds. The fourth-order valence-electron chi connectivity index (χ4n) is 2.41.